The minimum atomic E-state index is -3.67. The zero-order valence-electron chi connectivity index (χ0n) is 28.5. The Balaban J connectivity index is 1.22. The fourth-order valence-electron chi connectivity index (χ4n) is 6.58. The Morgan fingerprint density at radius 3 is 2.47 bits per heavy atom. The molecule has 4 aromatic rings. The number of ether oxygens (including phenoxy) is 1. The molecule has 6 rings (SSSR count). The summed E-state index contributed by atoms with van der Waals surface area (Å²) in [5.74, 6) is 0.356. The fourth-order valence-corrected chi connectivity index (χ4v) is 8.38. The molecular formula is C36H45N7O5S. The topological polar surface area (TPSA) is 162 Å². The van der Waals surface area contributed by atoms with Crippen molar-refractivity contribution in [1.29, 1.82) is 5.41 Å². The molecule has 0 spiro atoms. The quantitative estimate of drug-likeness (QED) is 0.124. The lowest BCUT2D eigenvalue weighted by atomic mass is 9.92. The molecule has 1 aliphatic carbocycles. The number of piperidine rings is 1. The van der Waals surface area contributed by atoms with Crippen molar-refractivity contribution in [2.45, 2.75) is 95.2 Å². The number of carbonyl (C=O) groups is 1. The first-order valence-electron chi connectivity index (χ1n) is 16.8. The summed E-state index contributed by atoms with van der Waals surface area (Å²) < 4.78 is 35.6. The highest BCUT2D eigenvalue weighted by Gasteiger charge is 2.48. The molecule has 49 heavy (non-hydrogen) atoms. The molecule has 2 aromatic carbocycles. The van der Waals surface area contributed by atoms with E-state index in [1.807, 2.05) is 60.7 Å². The van der Waals surface area contributed by atoms with Crippen LogP contribution in [0, 0.1) is 5.41 Å². The molecule has 2 aromatic heterocycles. The van der Waals surface area contributed by atoms with E-state index in [1.165, 1.54) is 4.57 Å². The molecule has 3 heterocycles. The highest BCUT2D eigenvalue weighted by atomic mass is 32.2. The van der Waals surface area contributed by atoms with Crippen LogP contribution in [0.1, 0.15) is 89.1 Å². The Morgan fingerprint density at radius 2 is 1.82 bits per heavy atom. The number of aromatic amines is 1. The molecule has 2 aliphatic rings. The van der Waals surface area contributed by atoms with Crippen molar-refractivity contribution in [3.05, 3.63) is 94.2 Å². The van der Waals surface area contributed by atoms with E-state index in [1.54, 1.807) is 38.2 Å². The minimum Gasteiger partial charge on any atom is -0.445 e. The molecule has 1 saturated carbocycles. The van der Waals surface area contributed by atoms with Crippen LogP contribution in [0.2, 0.25) is 0 Å². The van der Waals surface area contributed by atoms with Crippen LogP contribution in [-0.2, 0) is 26.9 Å². The van der Waals surface area contributed by atoms with Crippen molar-refractivity contribution in [2.24, 2.45) is 0 Å². The molecule has 2 atom stereocenters. The highest BCUT2D eigenvalue weighted by molar-refractivity contribution is 7.90. The molecule has 1 aliphatic heterocycles. The van der Waals surface area contributed by atoms with E-state index < -0.39 is 32.1 Å². The van der Waals surface area contributed by atoms with Gasteiger partial charge in [0.25, 0.3) is 0 Å². The van der Waals surface area contributed by atoms with Gasteiger partial charge in [0, 0.05) is 29.9 Å². The van der Waals surface area contributed by atoms with Crippen molar-refractivity contribution in [3.63, 3.8) is 0 Å². The van der Waals surface area contributed by atoms with Crippen LogP contribution < -0.4 is 16.3 Å². The monoisotopic (exact) mass is 687 g/mol. The van der Waals surface area contributed by atoms with E-state index >= 15 is 0 Å². The third kappa shape index (κ3) is 7.28. The smallest absolute Gasteiger partial charge is 0.408 e. The standard InChI is InChI=1S/C36H45N7O5S/c1-24(37)38-20-17-29-11-8-12-30(43(29)49(46,47)35(2,3)4)26-13-15-28(16-14-26)42-22-27-21-31(39-32(27)40-33(42)44)36(18-19-36)41-34(45)48-23-25-9-6-5-7-10-25/h5-7,9-10,13-16,21-22,29-30H,8,11-12,17-20,23H2,1-4H3,(H2,37,38)(H,41,45)(H,39,40,44)/t29?,30-/m0/s1. The van der Waals surface area contributed by atoms with Gasteiger partial charge < -0.3 is 20.4 Å². The van der Waals surface area contributed by atoms with Crippen molar-refractivity contribution in [1.82, 2.24) is 29.5 Å². The lowest BCUT2D eigenvalue weighted by Gasteiger charge is -2.44. The first kappa shape index (κ1) is 34.4. The Kier molecular flexibility index (Phi) is 9.42. The van der Waals surface area contributed by atoms with E-state index in [-0.39, 0.29) is 18.7 Å². The molecule has 0 radical (unpaired) electrons. The molecule has 260 valence electrons. The summed E-state index contributed by atoms with van der Waals surface area (Å²) in [5, 5.41) is 14.5. The van der Waals surface area contributed by atoms with Crippen LogP contribution in [0.15, 0.2) is 71.7 Å². The van der Waals surface area contributed by atoms with Gasteiger partial charge in [-0.2, -0.15) is 9.29 Å². The number of aromatic nitrogens is 3. The van der Waals surface area contributed by atoms with Crippen LogP contribution in [-0.4, -0.2) is 56.5 Å². The van der Waals surface area contributed by atoms with Crippen molar-refractivity contribution < 1.29 is 17.9 Å². The largest absolute Gasteiger partial charge is 0.445 e. The normalized spacial score (nSPS) is 19.3. The molecule has 2 fully saturated rings. The van der Waals surface area contributed by atoms with Gasteiger partial charge in [-0.1, -0.05) is 42.5 Å². The number of sulfonamides is 1. The van der Waals surface area contributed by atoms with Crippen molar-refractivity contribution >= 4 is 33.0 Å². The second-order valence-corrected chi connectivity index (χ2v) is 16.7. The maximum absolute atomic E-state index is 14.0. The Morgan fingerprint density at radius 1 is 1.10 bits per heavy atom. The van der Waals surface area contributed by atoms with Crippen LogP contribution >= 0.6 is 0 Å². The van der Waals surface area contributed by atoms with Crippen molar-refractivity contribution in [3.8, 4) is 5.69 Å². The van der Waals surface area contributed by atoms with Gasteiger partial charge in [0.1, 0.15) is 12.3 Å². The van der Waals surface area contributed by atoms with Gasteiger partial charge in [-0.3, -0.25) is 9.98 Å². The molecule has 1 unspecified atom stereocenters. The minimum absolute atomic E-state index is 0.171. The van der Waals surface area contributed by atoms with Crippen LogP contribution in [0.4, 0.5) is 4.79 Å². The Bertz CT molecular complexity index is 2000. The molecule has 13 heteroatoms. The summed E-state index contributed by atoms with van der Waals surface area (Å²) in [6, 6.07) is 18.3. The van der Waals surface area contributed by atoms with Gasteiger partial charge in [-0.05, 0) is 95.5 Å². The molecule has 0 bridgehead atoms. The van der Waals surface area contributed by atoms with E-state index in [9.17, 15) is 18.0 Å². The number of amides is 1. The highest BCUT2D eigenvalue weighted by Crippen LogP contribution is 2.46. The number of amidine groups is 1. The molecule has 1 amide bonds. The summed E-state index contributed by atoms with van der Waals surface area (Å²) in [6.07, 6.45) is 5.62. The number of rotatable bonds is 10. The summed E-state index contributed by atoms with van der Waals surface area (Å²) in [6.45, 7) is 7.56. The fraction of sp³-hybridized carbons (Fsp3) is 0.444. The van der Waals surface area contributed by atoms with Crippen LogP contribution in [0.25, 0.3) is 16.7 Å². The van der Waals surface area contributed by atoms with Gasteiger partial charge in [-0.25, -0.2) is 18.0 Å². The summed E-state index contributed by atoms with van der Waals surface area (Å²) in [5.41, 5.74) is 2.50. The summed E-state index contributed by atoms with van der Waals surface area (Å²) in [4.78, 5) is 33.4. The van der Waals surface area contributed by atoms with Gasteiger partial charge in [0.2, 0.25) is 10.0 Å². The number of H-pyrrole nitrogens is 1. The molecular weight excluding hydrogens is 643 g/mol. The number of benzene rings is 2. The third-order valence-corrected chi connectivity index (χ3v) is 12.1. The first-order valence-corrected chi connectivity index (χ1v) is 18.3. The number of hydrogen-bond acceptors (Lipinski definition) is 7. The lowest BCUT2D eigenvalue weighted by molar-refractivity contribution is 0.134. The van der Waals surface area contributed by atoms with Gasteiger partial charge in [0.15, 0.2) is 0 Å². The average molecular weight is 688 g/mol. The molecule has 1 saturated heterocycles. The van der Waals surface area contributed by atoms with Gasteiger partial charge in [0.05, 0.1) is 27.9 Å². The second kappa shape index (κ2) is 13.4. The van der Waals surface area contributed by atoms with Crippen LogP contribution in [0.5, 0.6) is 0 Å². The van der Waals surface area contributed by atoms with E-state index in [0.29, 0.717) is 36.6 Å². The number of nitrogens with zero attached hydrogens (tertiary/aromatic N) is 3. The van der Waals surface area contributed by atoms with Gasteiger partial charge in [-0.15, -0.1) is 0 Å². The van der Waals surface area contributed by atoms with E-state index in [4.69, 9.17) is 10.1 Å². The van der Waals surface area contributed by atoms with Crippen LogP contribution in [0.3, 0.4) is 0 Å². The predicted molar refractivity (Wildman–Crippen MR) is 189 cm³/mol. The second-order valence-electron chi connectivity index (χ2n) is 14.1. The number of hydrogen-bond donors (Lipinski definition) is 4. The maximum atomic E-state index is 14.0. The lowest BCUT2D eigenvalue weighted by Crippen LogP contribution is -2.52. The Labute approximate surface area is 286 Å². The number of carbonyl (C=O) groups excluding carboxylic acids is 1. The third-order valence-electron chi connectivity index (χ3n) is 9.48. The summed E-state index contributed by atoms with van der Waals surface area (Å²) >= 11 is 0. The first-order chi connectivity index (χ1) is 23.3. The number of fused-ring (bicyclic) bond motifs is 1. The number of alkyl carbamates (subject to hydrolysis) is 1. The zero-order chi connectivity index (χ0) is 35.0. The Hall–Kier alpha value is -4.49. The zero-order valence-corrected chi connectivity index (χ0v) is 29.3. The molecule has 4 N–H and O–H groups in total. The average Bonchev–Trinajstić information content (AvgIpc) is 3.72. The molecule has 12 nitrogen and oxygen atoms in total. The SMILES string of the molecule is CC(=N)NCCC1CCC[C@@H](c2ccc(-n3cc4cc(C5(NC(=O)OCc6ccccc6)CC5)[nH]c4nc3=O)cc2)N1S(=O)(=O)C(C)(C)C. The number of nitrogens with one attached hydrogen (secondary N) is 4. The van der Waals surface area contributed by atoms with Gasteiger partial charge >= 0.3 is 11.8 Å². The summed E-state index contributed by atoms with van der Waals surface area (Å²) in [7, 11) is -3.67. The van der Waals surface area contributed by atoms with Crippen molar-refractivity contribution in [2.75, 3.05) is 6.54 Å². The maximum Gasteiger partial charge on any atom is 0.408 e. The van der Waals surface area contributed by atoms with E-state index in [2.05, 4.69) is 20.6 Å². The van der Waals surface area contributed by atoms with E-state index in [0.717, 1.165) is 47.9 Å². The predicted octanol–water partition coefficient (Wildman–Crippen LogP) is 5.63.